The first-order chi connectivity index (χ1) is 9.15. The number of alkyl halides is 1. The van der Waals surface area contributed by atoms with Crippen LogP contribution in [0.1, 0.15) is 50.6 Å². The largest absolute Gasteiger partial charge is 0.348 e. The normalized spacial score (nSPS) is 19.7. The van der Waals surface area contributed by atoms with Gasteiger partial charge in [0.05, 0.1) is 6.04 Å². The fourth-order valence-electron chi connectivity index (χ4n) is 2.79. The van der Waals surface area contributed by atoms with Crippen molar-refractivity contribution in [1.29, 1.82) is 0 Å². The van der Waals surface area contributed by atoms with E-state index in [-0.39, 0.29) is 17.4 Å². The van der Waals surface area contributed by atoms with E-state index in [1.165, 1.54) is 6.42 Å². The summed E-state index contributed by atoms with van der Waals surface area (Å²) < 4.78 is 0. The fourth-order valence-corrected chi connectivity index (χ4v) is 3.04. The lowest BCUT2D eigenvalue weighted by Gasteiger charge is -2.33. The number of amides is 1. The van der Waals surface area contributed by atoms with E-state index in [0.29, 0.717) is 5.88 Å². The average molecular weight is 280 g/mol. The number of hydrogen-bond donors (Lipinski definition) is 1. The quantitative estimate of drug-likeness (QED) is 0.828. The lowest BCUT2D eigenvalue weighted by molar-refractivity contribution is -0.132. The van der Waals surface area contributed by atoms with Crippen molar-refractivity contribution in [3.05, 3.63) is 35.9 Å². The third-order valence-electron chi connectivity index (χ3n) is 4.17. The van der Waals surface area contributed by atoms with Crippen LogP contribution in [0.4, 0.5) is 0 Å². The second-order valence-electron chi connectivity index (χ2n) is 5.71. The van der Waals surface area contributed by atoms with E-state index in [9.17, 15) is 4.79 Å². The van der Waals surface area contributed by atoms with Gasteiger partial charge in [-0.05, 0) is 18.4 Å². The van der Waals surface area contributed by atoms with E-state index >= 15 is 0 Å². The molecule has 0 aliphatic heterocycles. The first-order valence-electron chi connectivity index (χ1n) is 7.07. The molecule has 0 saturated heterocycles. The SMILES string of the molecule is CC1(C(=O)NC(CCl)c2ccccc2)CCCCC1. The third-order valence-corrected chi connectivity index (χ3v) is 4.48. The number of carbonyl (C=O) groups is 1. The van der Waals surface area contributed by atoms with Gasteiger partial charge < -0.3 is 5.32 Å². The maximum Gasteiger partial charge on any atom is 0.226 e. The van der Waals surface area contributed by atoms with Gasteiger partial charge in [-0.25, -0.2) is 0 Å². The smallest absolute Gasteiger partial charge is 0.226 e. The summed E-state index contributed by atoms with van der Waals surface area (Å²) in [5.41, 5.74) is 0.863. The van der Waals surface area contributed by atoms with Crippen molar-refractivity contribution < 1.29 is 4.79 Å². The summed E-state index contributed by atoms with van der Waals surface area (Å²) in [5.74, 6) is 0.563. The molecule has 1 unspecified atom stereocenters. The van der Waals surface area contributed by atoms with Gasteiger partial charge in [0.25, 0.3) is 0 Å². The van der Waals surface area contributed by atoms with Crippen molar-refractivity contribution in [1.82, 2.24) is 5.32 Å². The van der Waals surface area contributed by atoms with Crippen LogP contribution in [0.15, 0.2) is 30.3 Å². The highest BCUT2D eigenvalue weighted by Crippen LogP contribution is 2.36. The van der Waals surface area contributed by atoms with Crippen molar-refractivity contribution in [3.63, 3.8) is 0 Å². The Hall–Kier alpha value is -1.02. The Morgan fingerprint density at radius 1 is 1.26 bits per heavy atom. The predicted octanol–water partition coefficient (Wildman–Crippen LogP) is 4.05. The molecule has 0 spiro atoms. The lowest BCUT2D eigenvalue weighted by atomic mass is 9.75. The average Bonchev–Trinajstić information content (AvgIpc) is 2.46. The monoisotopic (exact) mass is 279 g/mol. The molecule has 1 aromatic rings. The first kappa shape index (κ1) is 14.4. The highest BCUT2D eigenvalue weighted by atomic mass is 35.5. The maximum atomic E-state index is 12.5. The highest BCUT2D eigenvalue weighted by molar-refractivity contribution is 6.18. The molecule has 1 aliphatic rings. The van der Waals surface area contributed by atoms with Crippen LogP contribution >= 0.6 is 11.6 Å². The van der Waals surface area contributed by atoms with Crippen molar-refractivity contribution in [2.75, 3.05) is 5.88 Å². The van der Waals surface area contributed by atoms with Gasteiger partial charge in [0.2, 0.25) is 5.91 Å². The second kappa shape index (κ2) is 6.42. The molecule has 1 aromatic carbocycles. The summed E-state index contributed by atoms with van der Waals surface area (Å²) in [6.45, 7) is 2.08. The number of rotatable bonds is 4. The Morgan fingerprint density at radius 3 is 2.47 bits per heavy atom. The molecule has 1 aliphatic carbocycles. The number of nitrogens with one attached hydrogen (secondary N) is 1. The van der Waals surface area contributed by atoms with Crippen molar-refractivity contribution >= 4 is 17.5 Å². The van der Waals surface area contributed by atoms with Gasteiger partial charge in [0, 0.05) is 11.3 Å². The molecule has 0 bridgehead atoms. The summed E-state index contributed by atoms with van der Waals surface area (Å²) in [6, 6.07) is 9.85. The van der Waals surface area contributed by atoms with Gasteiger partial charge in [0.15, 0.2) is 0 Å². The van der Waals surface area contributed by atoms with Crippen molar-refractivity contribution in [2.45, 2.75) is 45.1 Å². The Kier molecular flexibility index (Phi) is 4.87. The van der Waals surface area contributed by atoms with Crippen LogP contribution in [0.25, 0.3) is 0 Å². The van der Waals surface area contributed by atoms with Gasteiger partial charge in [-0.15, -0.1) is 11.6 Å². The van der Waals surface area contributed by atoms with Crippen LogP contribution in [-0.4, -0.2) is 11.8 Å². The zero-order valence-corrected chi connectivity index (χ0v) is 12.2. The molecule has 1 atom stereocenters. The maximum absolute atomic E-state index is 12.5. The zero-order valence-electron chi connectivity index (χ0n) is 11.5. The van der Waals surface area contributed by atoms with Crippen molar-refractivity contribution in [2.24, 2.45) is 5.41 Å². The van der Waals surface area contributed by atoms with E-state index in [1.807, 2.05) is 30.3 Å². The van der Waals surface area contributed by atoms with E-state index in [2.05, 4.69) is 12.2 Å². The van der Waals surface area contributed by atoms with E-state index in [0.717, 1.165) is 31.2 Å². The molecule has 1 saturated carbocycles. The summed E-state index contributed by atoms with van der Waals surface area (Å²) in [7, 11) is 0. The molecule has 2 rings (SSSR count). The minimum Gasteiger partial charge on any atom is -0.348 e. The van der Waals surface area contributed by atoms with Gasteiger partial charge in [-0.3, -0.25) is 4.79 Å². The Bertz CT molecular complexity index is 412. The molecular weight excluding hydrogens is 258 g/mol. The predicted molar refractivity (Wildman–Crippen MR) is 79.2 cm³/mol. The standard InChI is InChI=1S/C16H22ClNO/c1-16(10-6-3-7-11-16)15(19)18-14(12-17)13-8-4-2-5-9-13/h2,4-5,8-9,14H,3,6-7,10-12H2,1H3,(H,18,19). The van der Waals surface area contributed by atoms with E-state index in [4.69, 9.17) is 11.6 Å². The number of carbonyl (C=O) groups excluding carboxylic acids is 1. The number of halogens is 1. The Morgan fingerprint density at radius 2 is 1.89 bits per heavy atom. The van der Waals surface area contributed by atoms with E-state index < -0.39 is 0 Å². The molecule has 3 heteroatoms. The van der Waals surface area contributed by atoms with Crippen LogP contribution in [-0.2, 0) is 4.79 Å². The van der Waals surface area contributed by atoms with Crippen LogP contribution in [0.5, 0.6) is 0 Å². The van der Waals surface area contributed by atoms with E-state index in [1.54, 1.807) is 0 Å². The topological polar surface area (TPSA) is 29.1 Å². The van der Waals surface area contributed by atoms with Gasteiger partial charge >= 0.3 is 0 Å². The minimum absolute atomic E-state index is 0.0888. The molecule has 0 aromatic heterocycles. The second-order valence-corrected chi connectivity index (χ2v) is 6.02. The van der Waals surface area contributed by atoms with Gasteiger partial charge in [-0.1, -0.05) is 56.5 Å². The molecule has 0 radical (unpaired) electrons. The lowest BCUT2D eigenvalue weighted by Crippen LogP contribution is -2.42. The molecule has 104 valence electrons. The Balaban J connectivity index is 2.04. The molecule has 2 nitrogen and oxygen atoms in total. The molecule has 1 amide bonds. The number of benzene rings is 1. The van der Waals surface area contributed by atoms with Crippen LogP contribution < -0.4 is 5.32 Å². The summed E-state index contributed by atoms with van der Waals surface area (Å²) in [6.07, 6.45) is 5.54. The minimum atomic E-state index is -0.211. The number of hydrogen-bond acceptors (Lipinski definition) is 1. The third kappa shape index (κ3) is 3.50. The fraction of sp³-hybridized carbons (Fsp3) is 0.562. The molecule has 1 N–H and O–H groups in total. The molecular formula is C16H22ClNO. The Labute approximate surface area is 120 Å². The van der Waals surface area contributed by atoms with Crippen LogP contribution in [0.2, 0.25) is 0 Å². The van der Waals surface area contributed by atoms with Gasteiger partial charge in [-0.2, -0.15) is 0 Å². The summed E-state index contributed by atoms with van der Waals surface area (Å²) >= 11 is 6.02. The van der Waals surface area contributed by atoms with Crippen molar-refractivity contribution in [3.8, 4) is 0 Å². The summed E-state index contributed by atoms with van der Waals surface area (Å²) in [4.78, 5) is 12.5. The van der Waals surface area contributed by atoms with Gasteiger partial charge in [0.1, 0.15) is 0 Å². The first-order valence-corrected chi connectivity index (χ1v) is 7.61. The summed E-state index contributed by atoms with van der Waals surface area (Å²) in [5, 5.41) is 3.12. The van der Waals surface area contributed by atoms with Crippen LogP contribution in [0.3, 0.4) is 0 Å². The molecule has 0 heterocycles. The molecule has 19 heavy (non-hydrogen) atoms. The molecule has 1 fully saturated rings. The van der Waals surface area contributed by atoms with Crippen LogP contribution in [0, 0.1) is 5.41 Å². The highest BCUT2D eigenvalue weighted by Gasteiger charge is 2.35. The zero-order chi connectivity index (χ0) is 13.7.